The summed E-state index contributed by atoms with van der Waals surface area (Å²) in [5, 5.41) is 4.02. The van der Waals surface area contributed by atoms with E-state index in [0.29, 0.717) is 5.02 Å². The average Bonchev–Trinajstić information content (AvgIpc) is 2.45. The van der Waals surface area contributed by atoms with Crippen LogP contribution in [0.1, 0.15) is 22.7 Å². The molecule has 112 valence electrons. The molecule has 2 rings (SSSR count). The topological polar surface area (TPSA) is 21.3 Å². The van der Waals surface area contributed by atoms with Crippen LogP contribution in [0.2, 0.25) is 5.02 Å². The SMILES string of the molecule is CNC(c1cc(Br)c(C)cc1Br)c1cc(Cl)ccc1OC. The van der Waals surface area contributed by atoms with Gasteiger partial charge in [0.15, 0.2) is 0 Å². The van der Waals surface area contributed by atoms with Crippen LogP contribution in [0.3, 0.4) is 0 Å². The van der Waals surface area contributed by atoms with E-state index in [2.05, 4.69) is 56.2 Å². The average molecular weight is 434 g/mol. The maximum Gasteiger partial charge on any atom is 0.124 e. The molecular weight excluding hydrogens is 417 g/mol. The monoisotopic (exact) mass is 431 g/mol. The minimum Gasteiger partial charge on any atom is -0.496 e. The van der Waals surface area contributed by atoms with Gasteiger partial charge < -0.3 is 10.1 Å². The summed E-state index contributed by atoms with van der Waals surface area (Å²) in [6, 6.07) is 9.84. The van der Waals surface area contributed by atoms with Crippen molar-refractivity contribution in [3.8, 4) is 5.75 Å². The fraction of sp³-hybridized carbons (Fsp3) is 0.250. The molecule has 0 aliphatic heterocycles. The first kappa shape index (κ1) is 16.8. The third-order valence-electron chi connectivity index (χ3n) is 3.38. The quantitative estimate of drug-likeness (QED) is 0.688. The Labute approximate surface area is 147 Å². The predicted octanol–water partition coefficient (Wildman–Crippen LogP) is 5.49. The van der Waals surface area contributed by atoms with Gasteiger partial charge in [0, 0.05) is 19.5 Å². The number of methoxy groups -OCH3 is 1. The van der Waals surface area contributed by atoms with Gasteiger partial charge in [-0.2, -0.15) is 0 Å². The fourth-order valence-electron chi connectivity index (χ4n) is 2.29. The summed E-state index contributed by atoms with van der Waals surface area (Å²) in [5.41, 5.74) is 3.30. The molecule has 2 nitrogen and oxygen atoms in total. The van der Waals surface area contributed by atoms with Gasteiger partial charge in [-0.15, -0.1) is 0 Å². The molecule has 0 aromatic heterocycles. The van der Waals surface area contributed by atoms with Crippen molar-refractivity contribution < 1.29 is 4.74 Å². The highest BCUT2D eigenvalue weighted by Crippen LogP contribution is 2.37. The first-order valence-corrected chi connectivity index (χ1v) is 8.40. The highest BCUT2D eigenvalue weighted by atomic mass is 79.9. The molecule has 0 fully saturated rings. The summed E-state index contributed by atoms with van der Waals surface area (Å²) in [4.78, 5) is 0. The molecule has 0 spiro atoms. The Morgan fingerprint density at radius 2 is 1.81 bits per heavy atom. The lowest BCUT2D eigenvalue weighted by molar-refractivity contribution is 0.405. The zero-order valence-corrected chi connectivity index (χ0v) is 15.9. The number of hydrogen-bond donors (Lipinski definition) is 1. The minimum atomic E-state index is -0.0232. The molecule has 0 aliphatic carbocycles. The van der Waals surface area contributed by atoms with E-state index in [4.69, 9.17) is 16.3 Å². The van der Waals surface area contributed by atoms with E-state index >= 15 is 0 Å². The Balaban J connectivity index is 2.59. The van der Waals surface area contributed by atoms with Crippen LogP contribution in [0, 0.1) is 6.92 Å². The zero-order chi connectivity index (χ0) is 15.6. The Morgan fingerprint density at radius 3 is 2.43 bits per heavy atom. The number of nitrogens with one attached hydrogen (secondary N) is 1. The molecule has 0 heterocycles. The summed E-state index contributed by atoms with van der Waals surface area (Å²) in [5.74, 6) is 0.808. The smallest absolute Gasteiger partial charge is 0.124 e. The van der Waals surface area contributed by atoms with E-state index < -0.39 is 0 Å². The van der Waals surface area contributed by atoms with Crippen LogP contribution in [0.25, 0.3) is 0 Å². The second-order valence-corrected chi connectivity index (χ2v) is 6.88. The van der Waals surface area contributed by atoms with Crippen molar-refractivity contribution in [3.05, 3.63) is 61.0 Å². The molecule has 1 atom stereocenters. The number of benzene rings is 2. The number of rotatable bonds is 4. The third-order valence-corrected chi connectivity index (χ3v) is 5.16. The molecular formula is C16H16Br2ClNO. The molecule has 1 unspecified atom stereocenters. The molecule has 0 bridgehead atoms. The lowest BCUT2D eigenvalue weighted by Gasteiger charge is -2.22. The largest absolute Gasteiger partial charge is 0.496 e. The number of aryl methyl sites for hydroxylation is 1. The van der Waals surface area contributed by atoms with Crippen LogP contribution in [-0.2, 0) is 0 Å². The molecule has 0 saturated heterocycles. The Bertz CT molecular complexity index is 661. The lowest BCUT2D eigenvalue weighted by Crippen LogP contribution is -2.19. The molecule has 2 aromatic rings. The van der Waals surface area contributed by atoms with Crippen molar-refractivity contribution in [1.29, 1.82) is 0 Å². The maximum absolute atomic E-state index is 6.15. The molecule has 0 aliphatic rings. The molecule has 0 saturated carbocycles. The highest BCUT2D eigenvalue weighted by molar-refractivity contribution is 9.11. The lowest BCUT2D eigenvalue weighted by atomic mass is 9.97. The van der Waals surface area contributed by atoms with Crippen molar-refractivity contribution >= 4 is 43.5 Å². The van der Waals surface area contributed by atoms with Crippen LogP contribution in [-0.4, -0.2) is 14.2 Å². The summed E-state index contributed by atoms with van der Waals surface area (Å²) in [6.07, 6.45) is 0. The van der Waals surface area contributed by atoms with Gasteiger partial charge in [0.25, 0.3) is 0 Å². The van der Waals surface area contributed by atoms with Crippen molar-refractivity contribution in [2.24, 2.45) is 0 Å². The van der Waals surface area contributed by atoms with Gasteiger partial charge in [-0.3, -0.25) is 0 Å². The van der Waals surface area contributed by atoms with Gasteiger partial charge in [-0.05, 0) is 55.4 Å². The van der Waals surface area contributed by atoms with Crippen LogP contribution in [0.4, 0.5) is 0 Å². The van der Waals surface area contributed by atoms with Crippen molar-refractivity contribution in [2.45, 2.75) is 13.0 Å². The molecule has 0 amide bonds. The standard InChI is InChI=1S/C16H16Br2ClNO/c1-9-6-14(18)11(8-13(9)17)16(20-2)12-7-10(19)4-5-15(12)21-3/h4-8,16,20H,1-3H3. The normalized spacial score (nSPS) is 12.3. The van der Waals surface area contributed by atoms with E-state index in [0.717, 1.165) is 25.8 Å². The zero-order valence-electron chi connectivity index (χ0n) is 12.0. The van der Waals surface area contributed by atoms with E-state index in [1.165, 1.54) is 5.56 Å². The summed E-state index contributed by atoms with van der Waals surface area (Å²) >= 11 is 13.4. The van der Waals surface area contributed by atoms with Gasteiger partial charge in [-0.1, -0.05) is 43.5 Å². The van der Waals surface area contributed by atoms with Gasteiger partial charge in [-0.25, -0.2) is 0 Å². The summed E-state index contributed by atoms with van der Waals surface area (Å²) in [7, 11) is 3.59. The van der Waals surface area contributed by atoms with E-state index in [1.54, 1.807) is 7.11 Å². The first-order chi connectivity index (χ1) is 9.97. The molecule has 0 radical (unpaired) electrons. The Kier molecular flexibility index (Phi) is 5.72. The Hall–Kier alpha value is -0.550. The molecule has 2 aromatic carbocycles. The van der Waals surface area contributed by atoms with Crippen LogP contribution >= 0.6 is 43.5 Å². The molecule has 5 heteroatoms. The minimum absolute atomic E-state index is 0.0232. The summed E-state index contributed by atoms with van der Waals surface area (Å²) < 4.78 is 7.59. The number of ether oxygens (including phenoxy) is 1. The second kappa shape index (κ2) is 7.14. The summed E-state index contributed by atoms with van der Waals surface area (Å²) in [6.45, 7) is 2.06. The van der Waals surface area contributed by atoms with E-state index in [1.807, 2.05) is 25.2 Å². The van der Waals surface area contributed by atoms with Gasteiger partial charge in [0.2, 0.25) is 0 Å². The van der Waals surface area contributed by atoms with Crippen LogP contribution in [0.15, 0.2) is 39.3 Å². The second-order valence-electron chi connectivity index (χ2n) is 4.73. The van der Waals surface area contributed by atoms with Gasteiger partial charge in [0.1, 0.15) is 5.75 Å². The third kappa shape index (κ3) is 3.62. The molecule has 21 heavy (non-hydrogen) atoms. The van der Waals surface area contributed by atoms with Crippen molar-refractivity contribution in [2.75, 3.05) is 14.2 Å². The maximum atomic E-state index is 6.15. The van der Waals surface area contributed by atoms with Crippen LogP contribution in [0.5, 0.6) is 5.75 Å². The van der Waals surface area contributed by atoms with Gasteiger partial charge in [0.05, 0.1) is 13.2 Å². The van der Waals surface area contributed by atoms with Crippen LogP contribution < -0.4 is 10.1 Å². The first-order valence-electron chi connectivity index (χ1n) is 6.44. The number of halogens is 3. The molecule has 1 N–H and O–H groups in total. The van der Waals surface area contributed by atoms with Crippen molar-refractivity contribution in [3.63, 3.8) is 0 Å². The Morgan fingerprint density at radius 1 is 1.10 bits per heavy atom. The predicted molar refractivity (Wildman–Crippen MR) is 95.5 cm³/mol. The van der Waals surface area contributed by atoms with E-state index in [9.17, 15) is 0 Å². The fourth-order valence-corrected chi connectivity index (χ4v) is 3.52. The van der Waals surface area contributed by atoms with E-state index in [-0.39, 0.29) is 6.04 Å². The van der Waals surface area contributed by atoms with Crippen molar-refractivity contribution in [1.82, 2.24) is 5.32 Å². The highest BCUT2D eigenvalue weighted by Gasteiger charge is 2.20. The van der Waals surface area contributed by atoms with Gasteiger partial charge >= 0.3 is 0 Å². The number of hydrogen-bond acceptors (Lipinski definition) is 2.